The average Bonchev–Trinajstić information content (AvgIpc) is 2.33. The second-order valence-corrected chi connectivity index (χ2v) is 4.85. The van der Waals surface area contributed by atoms with Crippen LogP contribution in [0.15, 0.2) is 42.5 Å². The lowest BCUT2D eigenvalue weighted by Gasteiger charge is -2.05. The van der Waals surface area contributed by atoms with Gasteiger partial charge in [-0.3, -0.25) is 0 Å². The first-order valence-electron chi connectivity index (χ1n) is 5.11. The molecule has 0 aliphatic heterocycles. The Hall–Kier alpha value is -1.03. The standard InChI is InChI=1S/C14H13IO/c1-10-3-4-12(9-14(10)15)11-5-7-13(16-2)8-6-11/h3-9H,1-2H3. The van der Waals surface area contributed by atoms with E-state index in [2.05, 4.69) is 59.8 Å². The molecule has 0 heterocycles. The van der Waals surface area contributed by atoms with E-state index in [4.69, 9.17) is 4.74 Å². The Kier molecular flexibility index (Phi) is 3.49. The summed E-state index contributed by atoms with van der Waals surface area (Å²) in [5.74, 6) is 0.894. The lowest BCUT2D eigenvalue weighted by Crippen LogP contribution is -1.85. The zero-order valence-electron chi connectivity index (χ0n) is 9.33. The van der Waals surface area contributed by atoms with Gasteiger partial charge in [0.1, 0.15) is 5.75 Å². The number of halogens is 1. The van der Waals surface area contributed by atoms with Crippen LogP contribution in [0.25, 0.3) is 11.1 Å². The Morgan fingerprint density at radius 2 is 1.56 bits per heavy atom. The van der Waals surface area contributed by atoms with Gasteiger partial charge in [0.15, 0.2) is 0 Å². The third kappa shape index (κ3) is 2.38. The second kappa shape index (κ2) is 4.87. The molecule has 0 N–H and O–H groups in total. The third-order valence-corrected chi connectivity index (χ3v) is 3.76. The van der Waals surface area contributed by atoms with E-state index in [1.165, 1.54) is 20.3 Å². The van der Waals surface area contributed by atoms with Crippen LogP contribution >= 0.6 is 22.6 Å². The molecule has 16 heavy (non-hydrogen) atoms. The quantitative estimate of drug-likeness (QED) is 0.750. The van der Waals surface area contributed by atoms with Crippen molar-refractivity contribution >= 4 is 22.6 Å². The minimum Gasteiger partial charge on any atom is -0.497 e. The van der Waals surface area contributed by atoms with Gasteiger partial charge in [-0.2, -0.15) is 0 Å². The van der Waals surface area contributed by atoms with E-state index in [-0.39, 0.29) is 0 Å². The molecule has 2 aromatic carbocycles. The highest BCUT2D eigenvalue weighted by atomic mass is 127. The van der Waals surface area contributed by atoms with Crippen LogP contribution in [0, 0.1) is 10.5 Å². The summed E-state index contributed by atoms with van der Waals surface area (Å²) in [6.07, 6.45) is 0. The molecule has 0 bridgehead atoms. The zero-order chi connectivity index (χ0) is 11.5. The first-order valence-corrected chi connectivity index (χ1v) is 6.19. The van der Waals surface area contributed by atoms with Gasteiger partial charge < -0.3 is 4.74 Å². The summed E-state index contributed by atoms with van der Waals surface area (Å²) in [6.45, 7) is 2.12. The van der Waals surface area contributed by atoms with Crippen molar-refractivity contribution in [1.82, 2.24) is 0 Å². The Balaban J connectivity index is 2.38. The Labute approximate surface area is 110 Å². The highest BCUT2D eigenvalue weighted by Crippen LogP contribution is 2.25. The maximum absolute atomic E-state index is 5.15. The molecular formula is C14H13IO. The molecular weight excluding hydrogens is 311 g/mol. The van der Waals surface area contributed by atoms with E-state index in [1.54, 1.807) is 7.11 Å². The van der Waals surface area contributed by atoms with Crippen LogP contribution in [-0.4, -0.2) is 7.11 Å². The van der Waals surface area contributed by atoms with Crippen LogP contribution in [0.1, 0.15) is 5.56 Å². The maximum Gasteiger partial charge on any atom is 0.118 e. The van der Waals surface area contributed by atoms with Crippen molar-refractivity contribution in [2.24, 2.45) is 0 Å². The number of rotatable bonds is 2. The van der Waals surface area contributed by atoms with Crippen molar-refractivity contribution in [3.63, 3.8) is 0 Å². The highest BCUT2D eigenvalue weighted by Gasteiger charge is 2.00. The topological polar surface area (TPSA) is 9.23 Å². The SMILES string of the molecule is COc1ccc(-c2ccc(C)c(I)c2)cc1. The van der Waals surface area contributed by atoms with Crippen molar-refractivity contribution < 1.29 is 4.74 Å². The minimum absolute atomic E-state index is 0.894. The molecule has 1 nitrogen and oxygen atoms in total. The van der Waals surface area contributed by atoms with E-state index in [1.807, 2.05) is 12.1 Å². The fourth-order valence-electron chi connectivity index (χ4n) is 1.56. The molecule has 0 amide bonds. The second-order valence-electron chi connectivity index (χ2n) is 3.69. The molecule has 0 spiro atoms. The van der Waals surface area contributed by atoms with Gasteiger partial charge in [-0.25, -0.2) is 0 Å². The first-order chi connectivity index (χ1) is 7.70. The molecule has 0 aromatic heterocycles. The Morgan fingerprint density at radius 3 is 2.12 bits per heavy atom. The zero-order valence-corrected chi connectivity index (χ0v) is 11.5. The van der Waals surface area contributed by atoms with Crippen molar-refractivity contribution in [3.8, 4) is 16.9 Å². The lowest BCUT2D eigenvalue weighted by atomic mass is 10.0. The van der Waals surface area contributed by atoms with E-state index in [9.17, 15) is 0 Å². The van der Waals surface area contributed by atoms with Gasteiger partial charge in [0.2, 0.25) is 0 Å². The first kappa shape index (κ1) is 11.5. The predicted molar refractivity (Wildman–Crippen MR) is 75.9 cm³/mol. The summed E-state index contributed by atoms with van der Waals surface area (Å²) in [6, 6.07) is 14.7. The van der Waals surface area contributed by atoms with Crippen molar-refractivity contribution in [3.05, 3.63) is 51.6 Å². The molecule has 82 valence electrons. The van der Waals surface area contributed by atoms with Gasteiger partial charge in [0.25, 0.3) is 0 Å². The molecule has 2 aromatic rings. The molecule has 2 heteroatoms. The van der Waals surface area contributed by atoms with Crippen molar-refractivity contribution in [2.45, 2.75) is 6.92 Å². The van der Waals surface area contributed by atoms with Crippen LogP contribution in [-0.2, 0) is 0 Å². The largest absolute Gasteiger partial charge is 0.497 e. The van der Waals surface area contributed by atoms with Gasteiger partial charge >= 0.3 is 0 Å². The molecule has 0 saturated carbocycles. The van der Waals surface area contributed by atoms with Crippen LogP contribution in [0.4, 0.5) is 0 Å². The normalized spacial score (nSPS) is 10.2. The molecule has 0 fully saturated rings. The number of hydrogen-bond donors (Lipinski definition) is 0. The smallest absolute Gasteiger partial charge is 0.118 e. The van der Waals surface area contributed by atoms with E-state index < -0.39 is 0 Å². The summed E-state index contributed by atoms with van der Waals surface area (Å²) in [7, 11) is 1.68. The summed E-state index contributed by atoms with van der Waals surface area (Å²) < 4.78 is 6.44. The molecule has 0 saturated heterocycles. The third-order valence-electron chi connectivity index (χ3n) is 2.60. The lowest BCUT2D eigenvalue weighted by molar-refractivity contribution is 0.415. The Bertz CT molecular complexity index is 489. The fraction of sp³-hybridized carbons (Fsp3) is 0.143. The summed E-state index contributed by atoms with van der Waals surface area (Å²) >= 11 is 2.37. The molecule has 0 aliphatic carbocycles. The summed E-state index contributed by atoms with van der Waals surface area (Å²) in [5, 5.41) is 0. The Morgan fingerprint density at radius 1 is 0.938 bits per heavy atom. The fourth-order valence-corrected chi connectivity index (χ4v) is 2.07. The van der Waals surface area contributed by atoms with Crippen LogP contribution < -0.4 is 4.74 Å². The van der Waals surface area contributed by atoms with E-state index in [0.29, 0.717) is 0 Å². The summed E-state index contributed by atoms with van der Waals surface area (Å²) in [4.78, 5) is 0. The summed E-state index contributed by atoms with van der Waals surface area (Å²) in [5.41, 5.74) is 3.79. The number of benzene rings is 2. The number of methoxy groups -OCH3 is 1. The molecule has 0 aliphatic rings. The van der Waals surface area contributed by atoms with Crippen LogP contribution in [0.3, 0.4) is 0 Å². The molecule has 0 unspecified atom stereocenters. The minimum atomic E-state index is 0.894. The van der Waals surface area contributed by atoms with Gasteiger partial charge in [-0.15, -0.1) is 0 Å². The monoisotopic (exact) mass is 324 g/mol. The van der Waals surface area contributed by atoms with Gasteiger partial charge in [-0.1, -0.05) is 24.3 Å². The molecule has 0 atom stereocenters. The maximum atomic E-state index is 5.15. The average molecular weight is 324 g/mol. The van der Waals surface area contributed by atoms with Crippen molar-refractivity contribution in [1.29, 1.82) is 0 Å². The highest BCUT2D eigenvalue weighted by molar-refractivity contribution is 14.1. The van der Waals surface area contributed by atoms with Gasteiger partial charge in [0, 0.05) is 3.57 Å². The van der Waals surface area contributed by atoms with Gasteiger partial charge in [0.05, 0.1) is 7.11 Å². The van der Waals surface area contributed by atoms with Crippen molar-refractivity contribution in [2.75, 3.05) is 7.11 Å². The van der Waals surface area contributed by atoms with E-state index >= 15 is 0 Å². The van der Waals surface area contributed by atoms with E-state index in [0.717, 1.165) is 5.75 Å². The number of hydrogen-bond acceptors (Lipinski definition) is 1. The van der Waals surface area contributed by atoms with Crippen LogP contribution in [0.5, 0.6) is 5.75 Å². The van der Waals surface area contributed by atoms with Crippen LogP contribution in [0.2, 0.25) is 0 Å². The van der Waals surface area contributed by atoms with Gasteiger partial charge in [-0.05, 0) is 64.4 Å². The number of aryl methyl sites for hydroxylation is 1. The molecule has 0 radical (unpaired) electrons. The molecule has 2 rings (SSSR count). The number of ether oxygens (including phenoxy) is 1. The predicted octanol–water partition coefficient (Wildman–Crippen LogP) is 4.28.